The van der Waals surface area contributed by atoms with Crippen LogP contribution in [0.5, 0.6) is 0 Å². The standard InChI is InChI=1S/C21H17N5O2/c1-15-13-19(27)20(24-26(15)18-5-3-2-4-6-18)21(28)23-16-7-9-17(10-8-16)25-12-11-22-14-25/h2-14H,1H3,(H,23,28). The van der Waals surface area contributed by atoms with E-state index in [0.717, 1.165) is 11.4 Å². The number of carbonyl (C=O) groups excluding carboxylic acids is 1. The molecular formula is C21H17N5O2. The van der Waals surface area contributed by atoms with E-state index >= 15 is 0 Å². The highest BCUT2D eigenvalue weighted by Crippen LogP contribution is 2.14. The molecule has 1 N–H and O–H groups in total. The highest BCUT2D eigenvalue weighted by Gasteiger charge is 2.15. The number of aryl methyl sites for hydroxylation is 1. The number of carbonyl (C=O) groups is 1. The summed E-state index contributed by atoms with van der Waals surface area (Å²) in [4.78, 5) is 29.0. The maximum atomic E-state index is 12.6. The molecule has 2 aromatic heterocycles. The molecule has 0 radical (unpaired) electrons. The molecule has 0 saturated heterocycles. The molecule has 0 aliphatic carbocycles. The highest BCUT2D eigenvalue weighted by atomic mass is 16.2. The molecule has 0 aliphatic rings. The van der Waals surface area contributed by atoms with Crippen molar-refractivity contribution in [3.8, 4) is 11.4 Å². The number of imidazole rings is 1. The van der Waals surface area contributed by atoms with Gasteiger partial charge < -0.3 is 9.88 Å². The fourth-order valence-electron chi connectivity index (χ4n) is 2.85. The molecule has 0 spiro atoms. The zero-order valence-corrected chi connectivity index (χ0v) is 15.1. The first kappa shape index (κ1) is 17.4. The molecule has 0 unspecified atom stereocenters. The third kappa shape index (κ3) is 3.45. The minimum Gasteiger partial charge on any atom is -0.320 e. The Morgan fingerprint density at radius 3 is 2.43 bits per heavy atom. The second kappa shape index (κ2) is 7.32. The first-order valence-electron chi connectivity index (χ1n) is 8.68. The topological polar surface area (TPSA) is 81.8 Å². The van der Waals surface area contributed by atoms with E-state index in [4.69, 9.17) is 0 Å². The number of rotatable bonds is 4. The van der Waals surface area contributed by atoms with E-state index in [1.807, 2.05) is 53.2 Å². The predicted octanol–water partition coefficient (Wildman–Crippen LogP) is 2.98. The van der Waals surface area contributed by atoms with Crippen LogP contribution in [0.2, 0.25) is 0 Å². The summed E-state index contributed by atoms with van der Waals surface area (Å²) in [5, 5.41) is 7.01. The van der Waals surface area contributed by atoms with Crippen LogP contribution in [0.15, 0.2) is 84.2 Å². The molecule has 2 heterocycles. The van der Waals surface area contributed by atoms with Gasteiger partial charge >= 0.3 is 0 Å². The van der Waals surface area contributed by atoms with E-state index in [1.165, 1.54) is 6.07 Å². The van der Waals surface area contributed by atoms with Gasteiger partial charge in [-0.1, -0.05) is 18.2 Å². The Kier molecular flexibility index (Phi) is 4.55. The molecule has 0 aliphatic heterocycles. The number of aromatic nitrogens is 4. The van der Waals surface area contributed by atoms with Crippen LogP contribution in [0.3, 0.4) is 0 Å². The fraction of sp³-hybridized carbons (Fsp3) is 0.0476. The summed E-state index contributed by atoms with van der Waals surface area (Å²) in [7, 11) is 0. The predicted molar refractivity (Wildman–Crippen MR) is 106 cm³/mol. The fourth-order valence-corrected chi connectivity index (χ4v) is 2.85. The zero-order chi connectivity index (χ0) is 19.5. The quantitative estimate of drug-likeness (QED) is 0.598. The third-order valence-corrected chi connectivity index (χ3v) is 4.25. The van der Waals surface area contributed by atoms with Gasteiger partial charge in [-0.05, 0) is 43.3 Å². The van der Waals surface area contributed by atoms with Crippen molar-refractivity contribution in [2.24, 2.45) is 0 Å². The van der Waals surface area contributed by atoms with Crippen LogP contribution in [-0.4, -0.2) is 25.2 Å². The Morgan fingerprint density at radius 2 is 1.75 bits per heavy atom. The van der Waals surface area contributed by atoms with Crippen molar-refractivity contribution < 1.29 is 4.79 Å². The van der Waals surface area contributed by atoms with Gasteiger partial charge in [0.25, 0.3) is 5.91 Å². The molecule has 2 aromatic carbocycles. The van der Waals surface area contributed by atoms with E-state index in [-0.39, 0.29) is 5.69 Å². The summed E-state index contributed by atoms with van der Waals surface area (Å²) >= 11 is 0. The van der Waals surface area contributed by atoms with Crippen molar-refractivity contribution in [2.45, 2.75) is 6.92 Å². The molecule has 28 heavy (non-hydrogen) atoms. The lowest BCUT2D eigenvalue weighted by Gasteiger charge is -2.11. The maximum absolute atomic E-state index is 12.6. The normalized spacial score (nSPS) is 10.6. The Labute approximate surface area is 160 Å². The summed E-state index contributed by atoms with van der Waals surface area (Å²) in [5.41, 5.74) is 2.33. The summed E-state index contributed by atoms with van der Waals surface area (Å²) in [6, 6.07) is 18.0. The van der Waals surface area contributed by atoms with Gasteiger partial charge in [0.1, 0.15) is 0 Å². The smallest absolute Gasteiger partial charge is 0.280 e. The lowest BCUT2D eigenvalue weighted by atomic mass is 10.2. The number of amides is 1. The van der Waals surface area contributed by atoms with Crippen molar-refractivity contribution in [1.82, 2.24) is 19.3 Å². The van der Waals surface area contributed by atoms with Gasteiger partial charge in [0.2, 0.25) is 5.43 Å². The molecule has 138 valence electrons. The van der Waals surface area contributed by atoms with Crippen LogP contribution in [0.25, 0.3) is 11.4 Å². The third-order valence-electron chi connectivity index (χ3n) is 4.25. The summed E-state index contributed by atoms with van der Waals surface area (Å²) in [6.07, 6.45) is 5.21. The molecule has 0 fully saturated rings. The SMILES string of the molecule is Cc1cc(=O)c(C(=O)Nc2ccc(-n3ccnc3)cc2)nn1-c1ccccc1. The van der Waals surface area contributed by atoms with Gasteiger partial charge in [0, 0.05) is 35.5 Å². The van der Waals surface area contributed by atoms with Gasteiger partial charge in [-0.25, -0.2) is 9.67 Å². The van der Waals surface area contributed by atoms with E-state index in [9.17, 15) is 9.59 Å². The van der Waals surface area contributed by atoms with Crippen molar-refractivity contribution in [1.29, 1.82) is 0 Å². The van der Waals surface area contributed by atoms with Crippen LogP contribution in [-0.2, 0) is 0 Å². The summed E-state index contributed by atoms with van der Waals surface area (Å²) < 4.78 is 3.43. The van der Waals surface area contributed by atoms with Crippen LogP contribution < -0.4 is 10.7 Å². The average molecular weight is 371 g/mol. The number of para-hydroxylation sites is 1. The molecular weight excluding hydrogens is 354 g/mol. The maximum Gasteiger partial charge on any atom is 0.280 e. The van der Waals surface area contributed by atoms with Crippen molar-refractivity contribution in [3.63, 3.8) is 0 Å². The first-order valence-corrected chi connectivity index (χ1v) is 8.68. The van der Waals surface area contributed by atoms with E-state index in [0.29, 0.717) is 11.4 Å². The highest BCUT2D eigenvalue weighted by molar-refractivity contribution is 6.02. The molecule has 0 atom stereocenters. The molecule has 1 amide bonds. The van der Waals surface area contributed by atoms with Gasteiger partial charge in [0.05, 0.1) is 12.0 Å². The number of nitrogens with one attached hydrogen (secondary N) is 1. The Balaban J connectivity index is 1.60. The Morgan fingerprint density at radius 1 is 1.00 bits per heavy atom. The number of hydrogen-bond acceptors (Lipinski definition) is 4. The van der Waals surface area contributed by atoms with E-state index in [2.05, 4.69) is 15.4 Å². The number of nitrogens with zero attached hydrogens (tertiary/aromatic N) is 4. The lowest BCUT2D eigenvalue weighted by molar-refractivity contribution is 0.101. The molecule has 4 aromatic rings. The summed E-state index contributed by atoms with van der Waals surface area (Å²) in [5.74, 6) is -0.551. The number of benzene rings is 2. The van der Waals surface area contributed by atoms with E-state index < -0.39 is 11.3 Å². The summed E-state index contributed by atoms with van der Waals surface area (Å²) in [6.45, 7) is 1.78. The Hall–Kier alpha value is -4.00. The van der Waals surface area contributed by atoms with Gasteiger partial charge in [-0.3, -0.25) is 9.59 Å². The average Bonchev–Trinajstić information content (AvgIpc) is 3.24. The van der Waals surface area contributed by atoms with Crippen LogP contribution in [0.1, 0.15) is 16.2 Å². The van der Waals surface area contributed by atoms with Gasteiger partial charge in [0.15, 0.2) is 5.69 Å². The minimum absolute atomic E-state index is 0.159. The molecule has 0 saturated carbocycles. The molecule has 7 heteroatoms. The van der Waals surface area contributed by atoms with Crippen LogP contribution >= 0.6 is 0 Å². The lowest BCUT2D eigenvalue weighted by Crippen LogP contribution is -2.26. The second-order valence-corrected chi connectivity index (χ2v) is 6.22. The van der Waals surface area contributed by atoms with Gasteiger partial charge in [-0.2, -0.15) is 5.10 Å². The molecule has 7 nitrogen and oxygen atoms in total. The largest absolute Gasteiger partial charge is 0.320 e. The van der Waals surface area contributed by atoms with E-state index in [1.54, 1.807) is 36.3 Å². The Bertz CT molecular complexity index is 1160. The van der Waals surface area contributed by atoms with Crippen LogP contribution in [0.4, 0.5) is 5.69 Å². The zero-order valence-electron chi connectivity index (χ0n) is 15.1. The van der Waals surface area contributed by atoms with Crippen LogP contribution in [0, 0.1) is 6.92 Å². The van der Waals surface area contributed by atoms with Gasteiger partial charge in [-0.15, -0.1) is 0 Å². The monoisotopic (exact) mass is 371 g/mol. The number of hydrogen-bond donors (Lipinski definition) is 1. The van der Waals surface area contributed by atoms with Crippen molar-refractivity contribution in [2.75, 3.05) is 5.32 Å². The first-order chi connectivity index (χ1) is 13.6. The minimum atomic E-state index is -0.551. The van der Waals surface area contributed by atoms with Crippen molar-refractivity contribution in [3.05, 3.63) is 101 Å². The molecule has 4 rings (SSSR count). The molecule has 0 bridgehead atoms. The second-order valence-electron chi connectivity index (χ2n) is 6.22. The van der Waals surface area contributed by atoms with Crippen molar-refractivity contribution >= 4 is 11.6 Å². The number of anilines is 1.